The molecule has 1 atom stereocenters. The molecule has 5 rings (SSSR count). The topological polar surface area (TPSA) is 74.7 Å². The summed E-state index contributed by atoms with van der Waals surface area (Å²) in [5, 5.41) is 11.4. The molecule has 1 aliphatic heterocycles. The molecule has 37 heavy (non-hydrogen) atoms. The van der Waals surface area contributed by atoms with Crippen molar-refractivity contribution in [1.82, 2.24) is 4.90 Å². The van der Waals surface area contributed by atoms with Crippen LogP contribution in [0.3, 0.4) is 0 Å². The molecule has 1 saturated carbocycles. The van der Waals surface area contributed by atoms with Crippen molar-refractivity contribution < 1.29 is 19.5 Å². The van der Waals surface area contributed by atoms with Crippen LogP contribution in [0.2, 0.25) is 10.0 Å². The molecule has 1 heterocycles. The molecule has 1 N–H and O–H groups in total. The molecule has 1 spiro atoms. The average Bonchev–Trinajstić information content (AvgIpc) is 3.37. The lowest BCUT2D eigenvalue weighted by Crippen LogP contribution is -2.58. The van der Waals surface area contributed by atoms with Gasteiger partial charge in [-0.05, 0) is 65.4 Å². The quantitative estimate of drug-likeness (QED) is 0.269. The van der Waals surface area contributed by atoms with Gasteiger partial charge >= 0.3 is 5.97 Å². The van der Waals surface area contributed by atoms with E-state index in [-0.39, 0.29) is 18.2 Å². The normalized spacial score (nSPS) is 18.1. The third-order valence-electron chi connectivity index (χ3n) is 7.64. The third kappa shape index (κ3) is 4.26. The highest BCUT2D eigenvalue weighted by atomic mass is 35.5. The lowest BCUT2D eigenvalue weighted by molar-refractivity contribution is -0.143. The van der Waals surface area contributed by atoms with Gasteiger partial charge in [-0.1, -0.05) is 79.0 Å². The number of carbonyl (C=O) groups excluding carboxylic acids is 2. The Kier molecular flexibility index (Phi) is 6.69. The second-order valence-corrected chi connectivity index (χ2v) is 10.5. The molecule has 0 bridgehead atoms. The van der Waals surface area contributed by atoms with Crippen molar-refractivity contribution in [2.45, 2.75) is 43.7 Å². The molecule has 0 radical (unpaired) electrons. The van der Waals surface area contributed by atoms with Gasteiger partial charge in [-0.2, -0.15) is 0 Å². The van der Waals surface area contributed by atoms with E-state index in [9.17, 15) is 19.5 Å². The summed E-state index contributed by atoms with van der Waals surface area (Å²) in [6.45, 7) is 3.83. The molecule has 188 valence electrons. The van der Waals surface area contributed by atoms with E-state index in [1.165, 1.54) is 6.08 Å². The van der Waals surface area contributed by atoms with Crippen molar-refractivity contribution in [1.29, 1.82) is 0 Å². The first-order valence-electron chi connectivity index (χ1n) is 12.2. The number of ketones is 1. The highest BCUT2D eigenvalue weighted by molar-refractivity contribution is 6.42. The van der Waals surface area contributed by atoms with Crippen molar-refractivity contribution in [3.8, 4) is 11.1 Å². The smallest absolute Gasteiger partial charge is 0.313 e. The van der Waals surface area contributed by atoms with Crippen LogP contribution in [-0.4, -0.2) is 33.2 Å². The van der Waals surface area contributed by atoms with Gasteiger partial charge in [0.2, 0.25) is 0 Å². The van der Waals surface area contributed by atoms with E-state index < -0.39 is 17.4 Å². The van der Waals surface area contributed by atoms with E-state index in [0.29, 0.717) is 50.7 Å². The van der Waals surface area contributed by atoms with Crippen molar-refractivity contribution >= 4 is 40.9 Å². The number of carboxylic acids is 1. The fraction of sp³-hybridized carbons (Fsp3) is 0.233. The maximum atomic E-state index is 14.0. The van der Waals surface area contributed by atoms with Gasteiger partial charge in [0.1, 0.15) is 5.92 Å². The van der Waals surface area contributed by atoms with Gasteiger partial charge in [0.05, 0.1) is 15.6 Å². The minimum absolute atomic E-state index is 0.206. The molecule has 0 saturated heterocycles. The van der Waals surface area contributed by atoms with Crippen molar-refractivity contribution in [2.75, 3.05) is 0 Å². The first kappa shape index (κ1) is 25.2. The lowest BCUT2D eigenvalue weighted by atomic mass is 9.70. The summed E-state index contributed by atoms with van der Waals surface area (Å²) in [6, 6.07) is 17.6. The van der Waals surface area contributed by atoms with Gasteiger partial charge in [0.25, 0.3) is 5.91 Å². The molecule has 3 aromatic carbocycles. The molecular weight excluding hydrogens is 509 g/mol. The van der Waals surface area contributed by atoms with Crippen LogP contribution < -0.4 is 0 Å². The van der Waals surface area contributed by atoms with E-state index in [4.69, 9.17) is 23.2 Å². The first-order valence-corrected chi connectivity index (χ1v) is 12.9. The number of aliphatic carboxylic acids is 1. The molecule has 1 unspecified atom stereocenters. The molecule has 1 aliphatic carbocycles. The maximum Gasteiger partial charge on any atom is 0.313 e. The largest absolute Gasteiger partial charge is 0.481 e. The SMILES string of the molecule is C=CC(=O)c1ccccc1-c1ccc2c(c1)C(C(=O)O)C1(CCCC1)N(Cc1ccc(Cl)c(Cl)c1)C2=O. The van der Waals surface area contributed by atoms with Crippen LogP contribution in [0.4, 0.5) is 0 Å². The summed E-state index contributed by atoms with van der Waals surface area (Å²) in [5.74, 6) is -2.31. The second kappa shape index (κ2) is 9.81. The molecule has 7 heteroatoms. The van der Waals surface area contributed by atoms with Gasteiger partial charge in [-0.25, -0.2) is 0 Å². The zero-order valence-electron chi connectivity index (χ0n) is 20.0. The van der Waals surface area contributed by atoms with E-state index >= 15 is 0 Å². The number of rotatable bonds is 6. The molecule has 5 nitrogen and oxygen atoms in total. The number of fused-ring (bicyclic) bond motifs is 1. The predicted octanol–water partition coefficient (Wildman–Crippen LogP) is 7.17. The summed E-state index contributed by atoms with van der Waals surface area (Å²) < 4.78 is 0. The number of carboxylic acid groups (broad SMARTS) is 1. The fourth-order valence-corrected chi connectivity index (χ4v) is 6.30. The summed E-state index contributed by atoms with van der Waals surface area (Å²) in [5.41, 5.74) is 2.61. The van der Waals surface area contributed by atoms with Crippen LogP contribution in [0.1, 0.15) is 63.4 Å². The molecule has 2 aliphatic rings. The van der Waals surface area contributed by atoms with Crippen LogP contribution in [0.15, 0.2) is 73.3 Å². The molecule has 1 fully saturated rings. The number of nitrogens with zero attached hydrogens (tertiary/aromatic N) is 1. The first-order chi connectivity index (χ1) is 17.8. The van der Waals surface area contributed by atoms with Crippen molar-refractivity contribution in [2.24, 2.45) is 0 Å². The van der Waals surface area contributed by atoms with E-state index in [1.807, 2.05) is 18.2 Å². The Labute approximate surface area is 225 Å². The van der Waals surface area contributed by atoms with Crippen LogP contribution in [-0.2, 0) is 11.3 Å². The van der Waals surface area contributed by atoms with E-state index in [1.54, 1.807) is 47.4 Å². The van der Waals surface area contributed by atoms with Crippen molar-refractivity contribution in [3.05, 3.63) is 106 Å². The van der Waals surface area contributed by atoms with Gasteiger partial charge in [-0.3, -0.25) is 14.4 Å². The van der Waals surface area contributed by atoms with Gasteiger partial charge in [-0.15, -0.1) is 0 Å². The molecule has 0 aromatic heterocycles. The van der Waals surface area contributed by atoms with Gasteiger partial charge in [0, 0.05) is 17.7 Å². The van der Waals surface area contributed by atoms with Gasteiger partial charge < -0.3 is 10.0 Å². The van der Waals surface area contributed by atoms with Gasteiger partial charge in [0.15, 0.2) is 5.78 Å². The Morgan fingerprint density at radius 1 is 1.00 bits per heavy atom. The van der Waals surface area contributed by atoms with Crippen molar-refractivity contribution in [3.63, 3.8) is 0 Å². The second-order valence-electron chi connectivity index (χ2n) is 9.64. The number of allylic oxidation sites excluding steroid dienone is 1. The Balaban J connectivity index is 1.66. The Bertz CT molecular complexity index is 1440. The Morgan fingerprint density at radius 3 is 2.41 bits per heavy atom. The highest BCUT2D eigenvalue weighted by Gasteiger charge is 2.55. The fourth-order valence-electron chi connectivity index (χ4n) is 5.97. The minimum Gasteiger partial charge on any atom is -0.481 e. The number of halogens is 2. The van der Waals surface area contributed by atoms with Crippen LogP contribution in [0.5, 0.6) is 0 Å². The number of benzene rings is 3. The highest BCUT2D eigenvalue weighted by Crippen LogP contribution is 2.51. The Morgan fingerprint density at radius 2 is 1.73 bits per heavy atom. The van der Waals surface area contributed by atoms with Crippen LogP contribution >= 0.6 is 23.2 Å². The monoisotopic (exact) mass is 533 g/mol. The zero-order valence-corrected chi connectivity index (χ0v) is 21.6. The zero-order chi connectivity index (χ0) is 26.3. The summed E-state index contributed by atoms with van der Waals surface area (Å²) in [6.07, 6.45) is 4.11. The molecular formula is C30H25Cl2NO4. The maximum absolute atomic E-state index is 14.0. The van der Waals surface area contributed by atoms with E-state index in [0.717, 1.165) is 18.4 Å². The summed E-state index contributed by atoms with van der Waals surface area (Å²) >= 11 is 12.3. The standard InChI is InChI=1S/C30H25Cl2NO4/c1-2-26(34)21-8-4-3-7-20(21)19-10-11-22-23(16-19)27(29(36)37)30(13-5-6-14-30)33(28(22)35)17-18-9-12-24(31)25(32)15-18/h2-4,7-12,15-16,27H,1,5-6,13-14,17H2,(H,36,37). The van der Waals surface area contributed by atoms with Crippen LogP contribution in [0, 0.1) is 0 Å². The summed E-state index contributed by atoms with van der Waals surface area (Å²) in [4.78, 5) is 41.1. The lowest BCUT2D eigenvalue weighted by Gasteiger charge is -2.49. The number of hydrogen-bond donors (Lipinski definition) is 1. The number of amides is 1. The average molecular weight is 534 g/mol. The number of hydrogen-bond acceptors (Lipinski definition) is 3. The summed E-state index contributed by atoms with van der Waals surface area (Å²) in [7, 11) is 0. The minimum atomic E-state index is -0.970. The molecule has 3 aromatic rings. The Hall–Kier alpha value is -3.41. The third-order valence-corrected chi connectivity index (χ3v) is 8.38. The number of carbonyl (C=O) groups is 3. The molecule has 1 amide bonds. The van der Waals surface area contributed by atoms with E-state index in [2.05, 4.69) is 6.58 Å². The van der Waals surface area contributed by atoms with Crippen LogP contribution in [0.25, 0.3) is 11.1 Å². The predicted molar refractivity (Wildman–Crippen MR) is 144 cm³/mol.